The van der Waals surface area contributed by atoms with Crippen LogP contribution < -0.4 is 0 Å². The van der Waals surface area contributed by atoms with Gasteiger partial charge in [0.15, 0.2) is 0 Å². The molecule has 2 aromatic rings. The molecule has 0 heterocycles. The number of benzene rings is 2. The molecule has 4 heteroatoms. The maximum absolute atomic E-state index is 13.2. The van der Waals surface area contributed by atoms with Gasteiger partial charge in [-0.3, -0.25) is 4.79 Å². The van der Waals surface area contributed by atoms with Gasteiger partial charge in [0.05, 0.1) is 10.8 Å². The maximum Gasteiger partial charge on any atom is 0.147 e. The minimum absolute atomic E-state index is 0.0653. The Morgan fingerprint density at radius 2 is 1.89 bits per heavy atom. The molecule has 0 aromatic heterocycles. The van der Waals surface area contributed by atoms with Gasteiger partial charge in [-0.1, -0.05) is 35.9 Å². The minimum atomic E-state index is -0.484. The summed E-state index contributed by atoms with van der Waals surface area (Å²) in [4.78, 5) is 12.9. The van der Waals surface area contributed by atoms with Gasteiger partial charge in [-0.05, 0) is 29.8 Å². The molecule has 2 aromatic carbocycles. The molecule has 0 spiro atoms. The number of hydrogen-bond donors (Lipinski definition) is 0. The zero-order valence-electron chi connectivity index (χ0n) is 10.1. The van der Waals surface area contributed by atoms with E-state index in [0.717, 1.165) is 4.90 Å². The van der Waals surface area contributed by atoms with E-state index in [1.54, 1.807) is 6.07 Å². The van der Waals surface area contributed by atoms with Crippen LogP contribution in [0, 0.1) is 5.82 Å². The number of thioether (sulfide) groups is 1. The third kappa shape index (κ3) is 4.37. The number of Topliss-reactive ketones (excluding diaryl/α,β-unsaturated/α-hetero) is 1. The molecule has 19 heavy (non-hydrogen) atoms. The molecule has 0 N–H and O–H groups in total. The molecular formula is C15H12ClFOS. The summed E-state index contributed by atoms with van der Waals surface area (Å²) in [6, 6.07) is 14.2. The molecule has 0 aliphatic rings. The van der Waals surface area contributed by atoms with Crippen molar-refractivity contribution in [2.24, 2.45) is 0 Å². The zero-order chi connectivity index (χ0) is 13.7. The third-order valence-electron chi connectivity index (χ3n) is 2.53. The van der Waals surface area contributed by atoms with E-state index in [-0.39, 0.29) is 17.2 Å². The molecule has 2 rings (SSSR count). The summed E-state index contributed by atoms with van der Waals surface area (Å²) in [5.41, 5.74) is 0.653. The number of hydrogen-bond acceptors (Lipinski definition) is 2. The van der Waals surface area contributed by atoms with Crippen LogP contribution in [0.25, 0.3) is 0 Å². The summed E-state index contributed by atoms with van der Waals surface area (Å²) in [7, 11) is 0. The smallest absolute Gasteiger partial charge is 0.147 e. The molecule has 0 bridgehead atoms. The zero-order valence-corrected chi connectivity index (χ0v) is 11.7. The molecular weight excluding hydrogens is 283 g/mol. The Kier molecular flexibility index (Phi) is 5.00. The fraction of sp³-hybridized carbons (Fsp3) is 0.133. The summed E-state index contributed by atoms with van der Waals surface area (Å²) in [6.45, 7) is 0. The second-order valence-electron chi connectivity index (χ2n) is 4.07. The van der Waals surface area contributed by atoms with Gasteiger partial charge in [0.1, 0.15) is 11.6 Å². The largest absolute Gasteiger partial charge is 0.298 e. The Balaban J connectivity index is 1.89. The van der Waals surface area contributed by atoms with Crippen LogP contribution in [-0.2, 0) is 11.2 Å². The predicted molar refractivity (Wildman–Crippen MR) is 77.3 cm³/mol. The van der Waals surface area contributed by atoms with Crippen LogP contribution in [0.15, 0.2) is 53.4 Å². The summed E-state index contributed by atoms with van der Waals surface area (Å²) in [5.74, 6) is -0.0351. The average molecular weight is 295 g/mol. The van der Waals surface area contributed by atoms with E-state index in [4.69, 9.17) is 11.6 Å². The van der Waals surface area contributed by atoms with Crippen LogP contribution in [0.4, 0.5) is 4.39 Å². The fourth-order valence-electron chi connectivity index (χ4n) is 1.61. The standard InChI is InChI=1S/C15H12ClFOS/c16-14-7-6-11(9-15(14)17)8-12(18)10-19-13-4-2-1-3-5-13/h1-7,9H,8,10H2. The van der Waals surface area contributed by atoms with E-state index in [9.17, 15) is 9.18 Å². The molecule has 0 fully saturated rings. The molecule has 1 nitrogen and oxygen atoms in total. The van der Waals surface area contributed by atoms with Crippen molar-refractivity contribution in [1.82, 2.24) is 0 Å². The number of carbonyl (C=O) groups is 1. The minimum Gasteiger partial charge on any atom is -0.298 e. The fourth-order valence-corrected chi connectivity index (χ4v) is 2.51. The Bertz CT molecular complexity index is 572. The molecule has 0 atom stereocenters. The van der Waals surface area contributed by atoms with Crippen molar-refractivity contribution >= 4 is 29.1 Å². The highest BCUT2D eigenvalue weighted by Crippen LogP contribution is 2.19. The highest BCUT2D eigenvalue weighted by molar-refractivity contribution is 8.00. The van der Waals surface area contributed by atoms with Crippen molar-refractivity contribution in [1.29, 1.82) is 0 Å². The van der Waals surface area contributed by atoms with Gasteiger partial charge in [0.2, 0.25) is 0 Å². The van der Waals surface area contributed by atoms with Gasteiger partial charge in [0, 0.05) is 11.3 Å². The number of ketones is 1. The van der Waals surface area contributed by atoms with Crippen LogP contribution in [0.2, 0.25) is 5.02 Å². The van der Waals surface area contributed by atoms with Crippen molar-refractivity contribution in [2.75, 3.05) is 5.75 Å². The van der Waals surface area contributed by atoms with Crippen LogP contribution >= 0.6 is 23.4 Å². The lowest BCUT2D eigenvalue weighted by molar-refractivity contribution is -0.116. The number of carbonyl (C=O) groups excluding carboxylic acids is 1. The first-order valence-corrected chi connectivity index (χ1v) is 7.15. The van der Waals surface area contributed by atoms with Gasteiger partial charge in [-0.25, -0.2) is 4.39 Å². The Hall–Kier alpha value is -1.32. The summed E-state index contributed by atoms with van der Waals surface area (Å²) >= 11 is 7.08. The third-order valence-corrected chi connectivity index (χ3v) is 3.91. The van der Waals surface area contributed by atoms with E-state index >= 15 is 0 Å². The maximum atomic E-state index is 13.2. The van der Waals surface area contributed by atoms with Gasteiger partial charge >= 0.3 is 0 Å². The molecule has 0 unspecified atom stereocenters. The molecule has 0 saturated heterocycles. The van der Waals surface area contributed by atoms with E-state index in [1.165, 1.54) is 23.9 Å². The van der Waals surface area contributed by atoms with Crippen LogP contribution in [0.5, 0.6) is 0 Å². The Labute approximate surface area is 120 Å². The molecule has 98 valence electrons. The molecule has 0 amide bonds. The highest BCUT2D eigenvalue weighted by atomic mass is 35.5. The van der Waals surface area contributed by atoms with Gasteiger partial charge in [-0.2, -0.15) is 0 Å². The topological polar surface area (TPSA) is 17.1 Å². The highest BCUT2D eigenvalue weighted by Gasteiger charge is 2.07. The first-order valence-electron chi connectivity index (χ1n) is 5.78. The average Bonchev–Trinajstić information content (AvgIpc) is 2.42. The second kappa shape index (κ2) is 6.73. The molecule has 0 radical (unpaired) electrons. The van der Waals surface area contributed by atoms with Crippen molar-refractivity contribution in [3.8, 4) is 0 Å². The van der Waals surface area contributed by atoms with E-state index < -0.39 is 5.82 Å². The predicted octanol–water partition coefficient (Wildman–Crippen LogP) is 4.38. The first-order chi connectivity index (χ1) is 9.15. The van der Waals surface area contributed by atoms with Gasteiger partial charge < -0.3 is 0 Å². The van der Waals surface area contributed by atoms with E-state index in [0.29, 0.717) is 11.3 Å². The van der Waals surface area contributed by atoms with Crippen molar-refractivity contribution in [2.45, 2.75) is 11.3 Å². The van der Waals surface area contributed by atoms with Crippen LogP contribution in [0.3, 0.4) is 0 Å². The van der Waals surface area contributed by atoms with Gasteiger partial charge in [-0.15, -0.1) is 11.8 Å². The Morgan fingerprint density at radius 1 is 1.16 bits per heavy atom. The van der Waals surface area contributed by atoms with Crippen molar-refractivity contribution in [3.05, 3.63) is 64.9 Å². The van der Waals surface area contributed by atoms with Crippen LogP contribution in [0.1, 0.15) is 5.56 Å². The Morgan fingerprint density at radius 3 is 2.58 bits per heavy atom. The summed E-state index contributed by atoms with van der Waals surface area (Å²) in [6.07, 6.45) is 0.230. The summed E-state index contributed by atoms with van der Waals surface area (Å²) < 4.78 is 13.2. The molecule has 0 aliphatic carbocycles. The molecule has 0 saturated carbocycles. The quantitative estimate of drug-likeness (QED) is 0.761. The van der Waals surface area contributed by atoms with E-state index in [2.05, 4.69) is 0 Å². The van der Waals surface area contributed by atoms with E-state index in [1.807, 2.05) is 30.3 Å². The number of halogens is 2. The van der Waals surface area contributed by atoms with Crippen LogP contribution in [-0.4, -0.2) is 11.5 Å². The lowest BCUT2D eigenvalue weighted by atomic mass is 10.1. The first kappa shape index (κ1) is 14.1. The lowest BCUT2D eigenvalue weighted by Gasteiger charge is -2.03. The van der Waals surface area contributed by atoms with Crippen molar-refractivity contribution in [3.63, 3.8) is 0 Å². The SMILES string of the molecule is O=C(CSc1ccccc1)Cc1ccc(Cl)c(F)c1. The normalized spacial score (nSPS) is 10.4. The number of rotatable bonds is 5. The monoisotopic (exact) mass is 294 g/mol. The van der Waals surface area contributed by atoms with Gasteiger partial charge in [0.25, 0.3) is 0 Å². The van der Waals surface area contributed by atoms with Crippen molar-refractivity contribution < 1.29 is 9.18 Å². The summed E-state index contributed by atoms with van der Waals surface area (Å²) in [5, 5.41) is 0.0786. The molecule has 0 aliphatic heterocycles. The lowest BCUT2D eigenvalue weighted by Crippen LogP contribution is -2.05. The second-order valence-corrected chi connectivity index (χ2v) is 5.52.